The number of rotatable bonds is 5. The fourth-order valence-electron chi connectivity index (χ4n) is 2.84. The first-order chi connectivity index (χ1) is 8.72. The number of aryl methyl sites for hydroxylation is 2. The van der Waals surface area contributed by atoms with Gasteiger partial charge in [-0.15, -0.1) is 0 Å². The maximum absolute atomic E-state index is 5.70. The van der Waals surface area contributed by atoms with Gasteiger partial charge in [0.05, 0.1) is 0 Å². The topological polar surface area (TPSA) is 34.4 Å². The largest absolute Gasteiger partial charge is 0.466 e. The molecule has 1 aliphatic heterocycles. The molecule has 3 nitrogen and oxygen atoms in total. The molecule has 1 aliphatic rings. The molecule has 1 atom stereocenters. The van der Waals surface area contributed by atoms with Crippen LogP contribution in [0.25, 0.3) is 0 Å². The fourth-order valence-corrected chi connectivity index (χ4v) is 2.84. The van der Waals surface area contributed by atoms with Crippen LogP contribution in [0.4, 0.5) is 0 Å². The zero-order chi connectivity index (χ0) is 13.0. The van der Waals surface area contributed by atoms with E-state index in [-0.39, 0.29) is 0 Å². The predicted octanol–water partition coefficient (Wildman–Crippen LogP) is 3.36. The maximum Gasteiger partial charge on any atom is 0.105 e. The van der Waals surface area contributed by atoms with Crippen LogP contribution >= 0.6 is 0 Å². The number of hydrogen-bond donors (Lipinski definition) is 1. The summed E-state index contributed by atoms with van der Waals surface area (Å²) in [5.74, 6) is 2.74. The summed E-state index contributed by atoms with van der Waals surface area (Å²) in [5, 5.41) is 3.69. The van der Waals surface area contributed by atoms with E-state index in [1.807, 2.05) is 6.92 Å². The molecular weight excluding hydrogens is 226 g/mol. The van der Waals surface area contributed by atoms with Crippen LogP contribution in [-0.2, 0) is 4.74 Å². The normalized spacial score (nSPS) is 19.1. The second kappa shape index (κ2) is 6.39. The molecule has 1 unspecified atom stereocenters. The summed E-state index contributed by atoms with van der Waals surface area (Å²) < 4.78 is 11.2. The summed E-state index contributed by atoms with van der Waals surface area (Å²) in [6, 6.07) is 2.62. The van der Waals surface area contributed by atoms with Gasteiger partial charge in [-0.2, -0.15) is 0 Å². The summed E-state index contributed by atoms with van der Waals surface area (Å²) >= 11 is 0. The van der Waals surface area contributed by atoms with Gasteiger partial charge in [0.15, 0.2) is 0 Å². The van der Waals surface area contributed by atoms with Crippen LogP contribution in [0.2, 0.25) is 0 Å². The molecule has 1 fully saturated rings. The Kier molecular flexibility index (Phi) is 4.84. The van der Waals surface area contributed by atoms with Gasteiger partial charge < -0.3 is 14.5 Å². The van der Waals surface area contributed by atoms with Crippen molar-refractivity contribution in [3.63, 3.8) is 0 Å². The second-order valence-electron chi connectivity index (χ2n) is 5.25. The molecule has 18 heavy (non-hydrogen) atoms. The van der Waals surface area contributed by atoms with E-state index in [4.69, 9.17) is 9.15 Å². The SMILES string of the molecule is CCCNC(c1cc(C)oc1C)C1CCOCC1. The Morgan fingerprint density at radius 2 is 2.06 bits per heavy atom. The third-order valence-electron chi connectivity index (χ3n) is 3.77. The highest BCUT2D eigenvalue weighted by Crippen LogP contribution is 2.33. The molecule has 2 rings (SSSR count). The molecular formula is C15H25NO2. The van der Waals surface area contributed by atoms with Gasteiger partial charge in [-0.1, -0.05) is 6.92 Å². The molecule has 2 heterocycles. The van der Waals surface area contributed by atoms with E-state index >= 15 is 0 Å². The summed E-state index contributed by atoms with van der Waals surface area (Å²) in [6.45, 7) is 9.16. The summed E-state index contributed by atoms with van der Waals surface area (Å²) in [6.07, 6.45) is 3.45. The Labute approximate surface area is 110 Å². The summed E-state index contributed by atoms with van der Waals surface area (Å²) in [4.78, 5) is 0. The van der Waals surface area contributed by atoms with E-state index in [0.717, 1.165) is 50.5 Å². The van der Waals surface area contributed by atoms with Crippen molar-refractivity contribution in [2.24, 2.45) is 5.92 Å². The lowest BCUT2D eigenvalue weighted by atomic mass is 9.87. The third kappa shape index (κ3) is 3.15. The number of ether oxygens (including phenoxy) is 1. The summed E-state index contributed by atoms with van der Waals surface area (Å²) in [5.41, 5.74) is 1.34. The fraction of sp³-hybridized carbons (Fsp3) is 0.733. The average molecular weight is 251 g/mol. The molecule has 0 amide bonds. The van der Waals surface area contributed by atoms with E-state index in [0.29, 0.717) is 12.0 Å². The van der Waals surface area contributed by atoms with Crippen LogP contribution in [0.3, 0.4) is 0 Å². The second-order valence-corrected chi connectivity index (χ2v) is 5.25. The van der Waals surface area contributed by atoms with Crippen molar-refractivity contribution in [1.29, 1.82) is 0 Å². The van der Waals surface area contributed by atoms with Crippen molar-refractivity contribution >= 4 is 0 Å². The lowest BCUT2D eigenvalue weighted by Crippen LogP contribution is -2.32. The van der Waals surface area contributed by atoms with Gasteiger partial charge in [-0.05, 0) is 51.6 Å². The Bertz CT molecular complexity index is 367. The first kappa shape index (κ1) is 13.6. The van der Waals surface area contributed by atoms with Crippen molar-refractivity contribution in [1.82, 2.24) is 5.32 Å². The number of hydrogen-bond acceptors (Lipinski definition) is 3. The van der Waals surface area contributed by atoms with Crippen LogP contribution in [0.15, 0.2) is 10.5 Å². The molecule has 0 spiro atoms. The minimum atomic E-state index is 0.422. The molecule has 102 valence electrons. The van der Waals surface area contributed by atoms with Crippen molar-refractivity contribution in [2.75, 3.05) is 19.8 Å². The minimum absolute atomic E-state index is 0.422. The smallest absolute Gasteiger partial charge is 0.105 e. The monoisotopic (exact) mass is 251 g/mol. The standard InChI is InChI=1S/C15H25NO2/c1-4-7-16-15(13-5-8-17-9-6-13)14-10-11(2)18-12(14)3/h10,13,15-16H,4-9H2,1-3H3. The maximum atomic E-state index is 5.70. The van der Waals surface area contributed by atoms with Gasteiger partial charge >= 0.3 is 0 Å². The van der Waals surface area contributed by atoms with Crippen molar-refractivity contribution in [3.05, 3.63) is 23.2 Å². The Balaban J connectivity index is 2.15. The van der Waals surface area contributed by atoms with E-state index in [1.165, 1.54) is 5.56 Å². The van der Waals surface area contributed by atoms with Crippen LogP contribution in [0.1, 0.15) is 49.3 Å². The van der Waals surface area contributed by atoms with Gasteiger partial charge in [0.25, 0.3) is 0 Å². The lowest BCUT2D eigenvalue weighted by Gasteiger charge is -2.31. The Hall–Kier alpha value is -0.800. The minimum Gasteiger partial charge on any atom is -0.466 e. The molecule has 1 saturated heterocycles. The first-order valence-corrected chi connectivity index (χ1v) is 7.10. The van der Waals surface area contributed by atoms with E-state index in [9.17, 15) is 0 Å². The molecule has 0 bridgehead atoms. The first-order valence-electron chi connectivity index (χ1n) is 7.10. The van der Waals surface area contributed by atoms with Crippen LogP contribution in [0.5, 0.6) is 0 Å². The Morgan fingerprint density at radius 3 is 2.61 bits per heavy atom. The number of furan rings is 1. The number of nitrogens with one attached hydrogen (secondary N) is 1. The van der Waals surface area contributed by atoms with Crippen molar-refractivity contribution in [2.45, 2.75) is 46.1 Å². The van der Waals surface area contributed by atoms with E-state index < -0.39 is 0 Å². The third-order valence-corrected chi connectivity index (χ3v) is 3.77. The van der Waals surface area contributed by atoms with Gasteiger partial charge in [0, 0.05) is 24.8 Å². The van der Waals surface area contributed by atoms with Crippen molar-refractivity contribution < 1.29 is 9.15 Å². The van der Waals surface area contributed by atoms with E-state index in [1.54, 1.807) is 0 Å². The molecule has 0 aliphatic carbocycles. The van der Waals surface area contributed by atoms with Crippen LogP contribution < -0.4 is 5.32 Å². The molecule has 3 heteroatoms. The quantitative estimate of drug-likeness (QED) is 0.871. The van der Waals surface area contributed by atoms with Crippen molar-refractivity contribution in [3.8, 4) is 0 Å². The molecule has 0 saturated carbocycles. The van der Waals surface area contributed by atoms with Crippen LogP contribution in [-0.4, -0.2) is 19.8 Å². The Morgan fingerprint density at radius 1 is 1.33 bits per heavy atom. The van der Waals surface area contributed by atoms with Gasteiger partial charge in [-0.3, -0.25) is 0 Å². The molecule has 0 radical (unpaired) electrons. The molecule has 0 aromatic carbocycles. The average Bonchev–Trinajstić information content (AvgIpc) is 2.70. The molecule has 1 N–H and O–H groups in total. The van der Waals surface area contributed by atoms with Gasteiger partial charge in [-0.25, -0.2) is 0 Å². The highest BCUT2D eigenvalue weighted by atomic mass is 16.5. The molecule has 1 aromatic heterocycles. The summed E-state index contributed by atoms with van der Waals surface area (Å²) in [7, 11) is 0. The van der Waals surface area contributed by atoms with Crippen LogP contribution in [0, 0.1) is 19.8 Å². The molecule has 1 aromatic rings. The van der Waals surface area contributed by atoms with Gasteiger partial charge in [0.1, 0.15) is 11.5 Å². The zero-order valence-electron chi connectivity index (χ0n) is 11.8. The van der Waals surface area contributed by atoms with Gasteiger partial charge in [0.2, 0.25) is 0 Å². The highest BCUT2D eigenvalue weighted by molar-refractivity contribution is 5.25. The highest BCUT2D eigenvalue weighted by Gasteiger charge is 2.27. The van der Waals surface area contributed by atoms with E-state index in [2.05, 4.69) is 25.2 Å². The predicted molar refractivity (Wildman–Crippen MR) is 72.8 cm³/mol. The lowest BCUT2D eigenvalue weighted by molar-refractivity contribution is 0.0534. The zero-order valence-corrected chi connectivity index (χ0v) is 11.8.